The quantitative estimate of drug-likeness (QED) is 0.0373. The lowest BCUT2D eigenvalue weighted by molar-refractivity contribution is -0.161. The number of aliphatic hydroxyl groups excluding tert-OH is 1. The molecule has 0 aromatic heterocycles. The highest BCUT2D eigenvalue weighted by Crippen LogP contribution is 2.17. The molecule has 1 N–H and O–H groups in total. The van der Waals surface area contributed by atoms with Gasteiger partial charge in [-0.3, -0.25) is 9.59 Å². The van der Waals surface area contributed by atoms with E-state index in [0.29, 0.717) is 12.8 Å². The summed E-state index contributed by atoms with van der Waals surface area (Å²) < 4.78 is 10.7. The van der Waals surface area contributed by atoms with Crippen LogP contribution in [-0.2, 0) is 19.1 Å². The molecule has 0 aromatic carbocycles. The zero-order valence-electron chi connectivity index (χ0n) is 47.0. The molecule has 0 amide bonds. The Bertz CT molecular complexity index is 1150. The summed E-state index contributed by atoms with van der Waals surface area (Å²) in [4.78, 5) is 24.6. The highest BCUT2D eigenvalue weighted by Gasteiger charge is 2.16. The lowest BCUT2D eigenvalue weighted by Crippen LogP contribution is -2.28. The van der Waals surface area contributed by atoms with Crippen molar-refractivity contribution in [2.75, 3.05) is 13.2 Å². The van der Waals surface area contributed by atoms with Gasteiger partial charge in [0.2, 0.25) is 0 Å². The van der Waals surface area contributed by atoms with Crippen LogP contribution in [0.5, 0.6) is 0 Å². The van der Waals surface area contributed by atoms with Crippen molar-refractivity contribution in [1.29, 1.82) is 0 Å². The highest BCUT2D eigenvalue weighted by atomic mass is 16.6. The first kappa shape index (κ1) is 67.9. The number of unbranched alkanes of at least 4 members (excludes halogenated alkanes) is 42. The Morgan fingerprint density at radius 3 is 0.871 bits per heavy atom. The van der Waals surface area contributed by atoms with Gasteiger partial charge in [0, 0.05) is 12.8 Å². The maximum Gasteiger partial charge on any atom is 0.306 e. The summed E-state index contributed by atoms with van der Waals surface area (Å²) in [6.45, 7) is 4.17. The molecule has 0 aliphatic rings. The fraction of sp³-hybridized carbons (Fsp3) is 0.846. The molecule has 0 radical (unpaired) electrons. The molecule has 0 heterocycles. The first-order valence-corrected chi connectivity index (χ1v) is 31.2. The molecular formula is C65H120O5. The van der Waals surface area contributed by atoms with Gasteiger partial charge in [0.15, 0.2) is 6.10 Å². The highest BCUT2D eigenvalue weighted by molar-refractivity contribution is 5.70. The van der Waals surface area contributed by atoms with Crippen LogP contribution in [0.2, 0.25) is 0 Å². The Labute approximate surface area is 437 Å². The third-order valence-corrected chi connectivity index (χ3v) is 14.1. The van der Waals surface area contributed by atoms with E-state index in [2.05, 4.69) is 62.5 Å². The van der Waals surface area contributed by atoms with E-state index < -0.39 is 6.10 Å². The minimum atomic E-state index is -0.773. The van der Waals surface area contributed by atoms with Crippen molar-refractivity contribution in [3.63, 3.8) is 0 Å². The molecule has 0 fully saturated rings. The van der Waals surface area contributed by atoms with E-state index in [9.17, 15) is 14.7 Å². The zero-order valence-corrected chi connectivity index (χ0v) is 47.0. The molecule has 5 nitrogen and oxygen atoms in total. The largest absolute Gasteiger partial charge is 0.462 e. The van der Waals surface area contributed by atoms with Crippen LogP contribution in [0.1, 0.15) is 335 Å². The minimum Gasteiger partial charge on any atom is -0.462 e. The van der Waals surface area contributed by atoms with Crippen LogP contribution in [0.3, 0.4) is 0 Å². The lowest BCUT2D eigenvalue weighted by atomic mass is 10.0. The minimum absolute atomic E-state index is 0.0633. The van der Waals surface area contributed by atoms with E-state index in [-0.39, 0.29) is 25.2 Å². The number of aliphatic hydroxyl groups is 1. The van der Waals surface area contributed by atoms with Gasteiger partial charge in [0.25, 0.3) is 0 Å². The molecule has 1 unspecified atom stereocenters. The van der Waals surface area contributed by atoms with Crippen LogP contribution < -0.4 is 0 Å². The first-order valence-electron chi connectivity index (χ1n) is 31.2. The van der Waals surface area contributed by atoms with Crippen molar-refractivity contribution in [2.24, 2.45) is 0 Å². The summed E-state index contributed by atoms with van der Waals surface area (Å²) in [5.74, 6) is -0.577. The summed E-state index contributed by atoms with van der Waals surface area (Å²) in [5.41, 5.74) is 0. The van der Waals surface area contributed by atoms with Crippen molar-refractivity contribution in [3.05, 3.63) is 48.6 Å². The molecule has 0 spiro atoms. The second-order valence-electron chi connectivity index (χ2n) is 21.1. The fourth-order valence-corrected chi connectivity index (χ4v) is 9.38. The molecule has 5 heteroatoms. The second kappa shape index (κ2) is 61.2. The molecule has 0 saturated carbocycles. The van der Waals surface area contributed by atoms with E-state index in [0.717, 1.165) is 51.4 Å². The molecule has 0 aromatic rings. The van der Waals surface area contributed by atoms with Crippen LogP contribution in [0.25, 0.3) is 0 Å². The Balaban J connectivity index is 3.44. The van der Waals surface area contributed by atoms with Gasteiger partial charge in [-0.2, -0.15) is 0 Å². The Hall–Kier alpha value is -2.14. The van der Waals surface area contributed by atoms with Crippen molar-refractivity contribution in [2.45, 2.75) is 341 Å². The topological polar surface area (TPSA) is 72.8 Å². The Morgan fingerprint density at radius 2 is 0.571 bits per heavy atom. The van der Waals surface area contributed by atoms with Gasteiger partial charge in [-0.15, -0.1) is 0 Å². The van der Waals surface area contributed by atoms with Crippen LogP contribution in [-0.4, -0.2) is 36.4 Å². The number of carbonyl (C=O) groups is 2. The maximum absolute atomic E-state index is 12.3. The van der Waals surface area contributed by atoms with E-state index in [4.69, 9.17) is 9.47 Å². The molecule has 0 rings (SSSR count). The molecule has 0 aliphatic heterocycles. The van der Waals surface area contributed by atoms with E-state index in [1.54, 1.807) is 0 Å². The summed E-state index contributed by atoms with van der Waals surface area (Å²) in [6.07, 6.45) is 81.1. The average Bonchev–Trinajstić information content (AvgIpc) is 3.36. The van der Waals surface area contributed by atoms with Crippen molar-refractivity contribution in [1.82, 2.24) is 0 Å². The van der Waals surface area contributed by atoms with E-state index >= 15 is 0 Å². The van der Waals surface area contributed by atoms with Gasteiger partial charge in [-0.25, -0.2) is 0 Å². The van der Waals surface area contributed by atoms with Crippen molar-refractivity contribution >= 4 is 11.9 Å². The molecular weight excluding hydrogens is 861 g/mol. The standard InChI is InChI=1S/C65H120O5/c1-3-5-7-9-11-13-15-17-19-21-23-25-27-29-31-32-34-35-37-39-41-43-45-47-49-51-53-55-57-59-64(67)69-62-63(61-66)70-65(68)60-58-56-54-52-50-48-46-44-42-40-38-36-33-30-28-26-24-22-20-18-16-14-12-10-8-6-4-2/h16,18,21-24,28,30,63,66H,3-15,17,19-20,25-27,29,31-62H2,1-2H3/b18-16-,23-21-,24-22-,30-28-. The van der Waals surface area contributed by atoms with Gasteiger partial charge in [0.05, 0.1) is 6.61 Å². The van der Waals surface area contributed by atoms with Gasteiger partial charge < -0.3 is 14.6 Å². The summed E-state index contributed by atoms with van der Waals surface area (Å²) in [7, 11) is 0. The van der Waals surface area contributed by atoms with Gasteiger partial charge in [-0.05, 0) is 77.0 Å². The molecule has 0 bridgehead atoms. The number of hydrogen-bond donors (Lipinski definition) is 1. The van der Waals surface area contributed by atoms with E-state index in [1.807, 2.05) is 0 Å². The Kier molecular flexibility index (Phi) is 59.3. The number of carbonyl (C=O) groups excluding carboxylic acids is 2. The van der Waals surface area contributed by atoms with E-state index in [1.165, 1.54) is 257 Å². The average molecular weight is 982 g/mol. The molecule has 0 saturated heterocycles. The lowest BCUT2D eigenvalue weighted by Gasteiger charge is -2.15. The SMILES string of the molecule is CCCCCCC/C=C\C/C=C\C/C=C\CCCCCCCCCCCCCCC(=O)OC(CO)COC(=O)CCCCCCCCCCCCCCCCCCC/C=C\CCCCCCCCCC. The van der Waals surface area contributed by atoms with Crippen LogP contribution in [0.4, 0.5) is 0 Å². The third kappa shape index (κ3) is 58.4. The second-order valence-corrected chi connectivity index (χ2v) is 21.1. The Morgan fingerprint density at radius 1 is 0.329 bits per heavy atom. The molecule has 70 heavy (non-hydrogen) atoms. The zero-order chi connectivity index (χ0) is 50.6. The van der Waals surface area contributed by atoms with Crippen LogP contribution in [0, 0.1) is 0 Å². The number of allylic oxidation sites excluding steroid dienone is 8. The number of ether oxygens (including phenoxy) is 2. The van der Waals surface area contributed by atoms with Crippen LogP contribution >= 0.6 is 0 Å². The normalized spacial score (nSPS) is 12.4. The van der Waals surface area contributed by atoms with Crippen molar-refractivity contribution < 1.29 is 24.2 Å². The monoisotopic (exact) mass is 981 g/mol. The maximum atomic E-state index is 12.3. The number of hydrogen-bond acceptors (Lipinski definition) is 5. The van der Waals surface area contributed by atoms with Gasteiger partial charge in [0.1, 0.15) is 6.61 Å². The molecule has 0 aliphatic carbocycles. The molecule has 1 atom stereocenters. The molecule has 410 valence electrons. The van der Waals surface area contributed by atoms with Crippen LogP contribution in [0.15, 0.2) is 48.6 Å². The predicted molar refractivity (Wildman–Crippen MR) is 307 cm³/mol. The number of esters is 2. The predicted octanol–water partition coefficient (Wildman–Crippen LogP) is 21.2. The first-order chi connectivity index (χ1) is 34.6. The van der Waals surface area contributed by atoms with Gasteiger partial charge in [-0.1, -0.05) is 294 Å². The smallest absolute Gasteiger partial charge is 0.306 e. The van der Waals surface area contributed by atoms with Gasteiger partial charge >= 0.3 is 11.9 Å². The third-order valence-electron chi connectivity index (χ3n) is 14.1. The summed E-state index contributed by atoms with van der Waals surface area (Å²) >= 11 is 0. The van der Waals surface area contributed by atoms with Crippen molar-refractivity contribution in [3.8, 4) is 0 Å². The summed E-state index contributed by atoms with van der Waals surface area (Å²) in [6, 6.07) is 0. The summed E-state index contributed by atoms with van der Waals surface area (Å²) in [5, 5.41) is 9.68. The number of rotatable bonds is 58. The fourth-order valence-electron chi connectivity index (χ4n) is 9.38.